The molecule has 0 heterocycles. The Bertz CT molecular complexity index is 607. The SMILES string of the molecule is CC(C)CCCC(C)C1CCC2C3CCC4C(C)(C)C(N)CCC4(C)C3CCC12C. The van der Waals surface area contributed by atoms with Crippen molar-refractivity contribution < 1.29 is 0 Å². The Hall–Kier alpha value is -0.0400. The van der Waals surface area contributed by atoms with Crippen LogP contribution in [0.25, 0.3) is 0 Å². The first-order chi connectivity index (χ1) is 14.0. The maximum Gasteiger partial charge on any atom is 0.00933 e. The van der Waals surface area contributed by atoms with Gasteiger partial charge in [0.15, 0.2) is 0 Å². The molecule has 9 atom stereocenters. The van der Waals surface area contributed by atoms with Crippen molar-refractivity contribution in [3.8, 4) is 0 Å². The van der Waals surface area contributed by atoms with Crippen LogP contribution in [0, 0.1) is 57.7 Å². The third-order valence-corrected chi connectivity index (χ3v) is 11.9. The van der Waals surface area contributed by atoms with Gasteiger partial charge < -0.3 is 5.73 Å². The molecule has 0 amide bonds. The Balaban J connectivity index is 1.50. The summed E-state index contributed by atoms with van der Waals surface area (Å²) < 4.78 is 0. The second-order valence-corrected chi connectivity index (χ2v) is 14.0. The lowest BCUT2D eigenvalue weighted by Crippen LogP contribution is -2.60. The van der Waals surface area contributed by atoms with Gasteiger partial charge in [-0.05, 0) is 109 Å². The lowest BCUT2D eigenvalue weighted by Gasteiger charge is -2.65. The van der Waals surface area contributed by atoms with E-state index in [0.717, 1.165) is 41.4 Å². The van der Waals surface area contributed by atoms with Crippen LogP contribution in [0.15, 0.2) is 0 Å². The Morgan fingerprint density at radius 3 is 2.13 bits per heavy atom. The fourth-order valence-corrected chi connectivity index (χ4v) is 10.2. The first-order valence-electron chi connectivity index (χ1n) is 13.8. The van der Waals surface area contributed by atoms with Crippen LogP contribution in [0.1, 0.15) is 119 Å². The zero-order valence-electron chi connectivity index (χ0n) is 21.5. The minimum atomic E-state index is 0.321. The van der Waals surface area contributed by atoms with E-state index in [1.807, 2.05) is 0 Å². The van der Waals surface area contributed by atoms with Gasteiger partial charge in [0.2, 0.25) is 0 Å². The summed E-state index contributed by atoms with van der Waals surface area (Å²) in [5.41, 5.74) is 8.16. The van der Waals surface area contributed by atoms with Crippen LogP contribution in [0.4, 0.5) is 0 Å². The van der Waals surface area contributed by atoms with Crippen molar-refractivity contribution in [3.63, 3.8) is 0 Å². The first kappa shape index (κ1) is 23.1. The first-order valence-corrected chi connectivity index (χ1v) is 13.8. The highest BCUT2D eigenvalue weighted by Gasteiger charge is 2.63. The van der Waals surface area contributed by atoms with Gasteiger partial charge in [0.25, 0.3) is 0 Å². The molecule has 0 aromatic carbocycles. The standard InChI is InChI=1S/C29H53N/c1-19(2)9-8-10-20(3)22-12-13-23-21-11-14-25-27(4,5)26(30)16-18-29(25,7)24(21)15-17-28(22,23)6/h19-26H,8-18,30H2,1-7H3. The van der Waals surface area contributed by atoms with E-state index in [0.29, 0.717) is 22.3 Å². The summed E-state index contributed by atoms with van der Waals surface area (Å²) in [6.07, 6.45) is 16.0. The Kier molecular flexibility index (Phi) is 6.22. The van der Waals surface area contributed by atoms with Gasteiger partial charge in [-0.1, -0.05) is 67.7 Å². The third-order valence-electron chi connectivity index (χ3n) is 11.9. The predicted molar refractivity (Wildman–Crippen MR) is 130 cm³/mol. The van der Waals surface area contributed by atoms with Crippen LogP contribution in [0.3, 0.4) is 0 Å². The number of fused-ring (bicyclic) bond motifs is 5. The Labute approximate surface area is 188 Å². The smallest absolute Gasteiger partial charge is 0.00933 e. The highest BCUT2D eigenvalue weighted by molar-refractivity contribution is 5.12. The van der Waals surface area contributed by atoms with Gasteiger partial charge in [0.1, 0.15) is 0 Å². The molecule has 4 fully saturated rings. The van der Waals surface area contributed by atoms with Crippen LogP contribution in [-0.4, -0.2) is 6.04 Å². The normalized spacial score (nSPS) is 48.7. The number of hydrogen-bond acceptors (Lipinski definition) is 1. The molecule has 0 spiro atoms. The van der Waals surface area contributed by atoms with Gasteiger partial charge in [-0.15, -0.1) is 0 Å². The quantitative estimate of drug-likeness (QED) is 0.482. The van der Waals surface area contributed by atoms with Crippen molar-refractivity contribution in [2.45, 2.75) is 125 Å². The Morgan fingerprint density at radius 1 is 0.767 bits per heavy atom. The van der Waals surface area contributed by atoms with E-state index < -0.39 is 0 Å². The van der Waals surface area contributed by atoms with Crippen molar-refractivity contribution >= 4 is 0 Å². The van der Waals surface area contributed by atoms with E-state index >= 15 is 0 Å². The minimum absolute atomic E-state index is 0.321. The van der Waals surface area contributed by atoms with Crippen molar-refractivity contribution in [1.82, 2.24) is 0 Å². The highest BCUT2D eigenvalue weighted by atomic mass is 14.8. The van der Waals surface area contributed by atoms with Crippen LogP contribution in [0.5, 0.6) is 0 Å². The van der Waals surface area contributed by atoms with Crippen LogP contribution < -0.4 is 5.73 Å². The summed E-state index contributed by atoms with van der Waals surface area (Å²) in [6, 6.07) is 0.406. The molecule has 0 aromatic heterocycles. The van der Waals surface area contributed by atoms with Gasteiger partial charge in [-0.3, -0.25) is 0 Å². The van der Waals surface area contributed by atoms with Gasteiger partial charge in [-0.25, -0.2) is 0 Å². The van der Waals surface area contributed by atoms with Crippen LogP contribution >= 0.6 is 0 Å². The lowest BCUT2D eigenvalue weighted by atomic mass is 9.40. The molecule has 2 N–H and O–H groups in total. The molecule has 30 heavy (non-hydrogen) atoms. The van der Waals surface area contributed by atoms with Crippen molar-refractivity contribution in [2.24, 2.45) is 63.4 Å². The summed E-state index contributed by atoms with van der Waals surface area (Å²) in [7, 11) is 0. The summed E-state index contributed by atoms with van der Waals surface area (Å²) in [5, 5.41) is 0. The number of hydrogen-bond donors (Lipinski definition) is 1. The molecule has 0 bridgehead atoms. The van der Waals surface area contributed by atoms with E-state index in [2.05, 4.69) is 48.5 Å². The topological polar surface area (TPSA) is 26.0 Å². The fourth-order valence-electron chi connectivity index (χ4n) is 10.2. The van der Waals surface area contributed by atoms with Crippen LogP contribution in [-0.2, 0) is 0 Å². The zero-order valence-corrected chi connectivity index (χ0v) is 21.5. The molecule has 1 heteroatoms. The van der Waals surface area contributed by atoms with Crippen molar-refractivity contribution in [3.05, 3.63) is 0 Å². The van der Waals surface area contributed by atoms with Gasteiger partial charge in [0, 0.05) is 6.04 Å². The van der Waals surface area contributed by atoms with E-state index in [1.165, 1.54) is 70.6 Å². The largest absolute Gasteiger partial charge is 0.327 e. The molecule has 174 valence electrons. The molecule has 0 aromatic rings. The molecule has 1 nitrogen and oxygen atoms in total. The highest BCUT2D eigenvalue weighted by Crippen LogP contribution is 2.70. The number of nitrogens with two attached hydrogens (primary N) is 1. The van der Waals surface area contributed by atoms with Crippen molar-refractivity contribution in [2.75, 3.05) is 0 Å². The second-order valence-electron chi connectivity index (χ2n) is 14.0. The molecular weight excluding hydrogens is 362 g/mol. The maximum absolute atomic E-state index is 6.66. The van der Waals surface area contributed by atoms with E-state index in [-0.39, 0.29) is 0 Å². The second kappa shape index (κ2) is 8.07. The molecule has 4 rings (SSSR count). The molecule has 9 unspecified atom stereocenters. The van der Waals surface area contributed by atoms with E-state index in [9.17, 15) is 0 Å². The predicted octanol–water partition coefficient (Wildman–Crippen LogP) is 8.07. The minimum Gasteiger partial charge on any atom is -0.327 e. The van der Waals surface area contributed by atoms with E-state index in [1.54, 1.807) is 0 Å². The van der Waals surface area contributed by atoms with Crippen LogP contribution in [0.2, 0.25) is 0 Å². The summed E-state index contributed by atoms with van der Waals surface area (Å²) in [6.45, 7) is 17.8. The monoisotopic (exact) mass is 415 g/mol. The fraction of sp³-hybridized carbons (Fsp3) is 1.00. The Morgan fingerprint density at radius 2 is 1.43 bits per heavy atom. The summed E-state index contributed by atoms with van der Waals surface area (Å²) in [4.78, 5) is 0. The molecular formula is C29H53N. The molecule has 4 aliphatic rings. The average molecular weight is 416 g/mol. The number of rotatable bonds is 5. The maximum atomic E-state index is 6.66. The molecule has 0 aliphatic heterocycles. The third kappa shape index (κ3) is 3.52. The molecule has 0 saturated heterocycles. The summed E-state index contributed by atoms with van der Waals surface area (Å²) in [5.74, 6) is 6.59. The van der Waals surface area contributed by atoms with Gasteiger partial charge >= 0.3 is 0 Å². The molecule has 4 saturated carbocycles. The molecule has 0 radical (unpaired) electrons. The van der Waals surface area contributed by atoms with Gasteiger partial charge in [-0.2, -0.15) is 0 Å². The van der Waals surface area contributed by atoms with Gasteiger partial charge in [0.05, 0.1) is 0 Å². The van der Waals surface area contributed by atoms with E-state index in [4.69, 9.17) is 5.73 Å². The lowest BCUT2D eigenvalue weighted by molar-refractivity contribution is -0.152. The molecule has 4 aliphatic carbocycles. The zero-order chi connectivity index (χ0) is 21.9. The van der Waals surface area contributed by atoms with Crippen molar-refractivity contribution in [1.29, 1.82) is 0 Å². The summed E-state index contributed by atoms with van der Waals surface area (Å²) >= 11 is 0. The average Bonchev–Trinajstić information content (AvgIpc) is 3.02.